The van der Waals surface area contributed by atoms with E-state index in [-0.39, 0.29) is 6.03 Å². The number of piperidine rings is 1. The summed E-state index contributed by atoms with van der Waals surface area (Å²) in [6.07, 6.45) is 7.11. The number of nitrogens with zero attached hydrogens (tertiary/aromatic N) is 3. The zero-order chi connectivity index (χ0) is 21.2. The van der Waals surface area contributed by atoms with E-state index in [1.165, 1.54) is 49.9 Å². The third-order valence-corrected chi connectivity index (χ3v) is 6.11. The fourth-order valence-electron chi connectivity index (χ4n) is 4.32. The SMILES string of the molecule is CCNC(=NCc1ccccc1CN1CCCCCC1)NC1CCN(C(N)=O)CC1. The molecule has 4 N–H and O–H groups in total. The van der Waals surface area contributed by atoms with Gasteiger partial charge in [0, 0.05) is 32.2 Å². The first-order valence-corrected chi connectivity index (χ1v) is 11.5. The summed E-state index contributed by atoms with van der Waals surface area (Å²) >= 11 is 0. The van der Waals surface area contributed by atoms with Crippen LogP contribution < -0.4 is 16.4 Å². The lowest BCUT2D eigenvalue weighted by Gasteiger charge is -2.32. The summed E-state index contributed by atoms with van der Waals surface area (Å²) in [5.74, 6) is 0.847. The highest BCUT2D eigenvalue weighted by molar-refractivity contribution is 5.80. The molecule has 2 aliphatic rings. The van der Waals surface area contributed by atoms with Crippen LogP contribution in [0.1, 0.15) is 56.6 Å². The molecule has 0 unspecified atom stereocenters. The maximum atomic E-state index is 11.3. The number of nitrogens with two attached hydrogens (primary N) is 1. The van der Waals surface area contributed by atoms with Crippen molar-refractivity contribution in [3.05, 3.63) is 35.4 Å². The number of guanidine groups is 1. The average molecular weight is 415 g/mol. The van der Waals surface area contributed by atoms with Crippen molar-refractivity contribution in [2.24, 2.45) is 10.7 Å². The summed E-state index contributed by atoms with van der Waals surface area (Å²) < 4.78 is 0. The van der Waals surface area contributed by atoms with Crippen LogP contribution in [0.4, 0.5) is 4.79 Å². The van der Waals surface area contributed by atoms with E-state index in [1.54, 1.807) is 4.90 Å². The lowest BCUT2D eigenvalue weighted by Crippen LogP contribution is -2.50. The van der Waals surface area contributed by atoms with E-state index < -0.39 is 0 Å². The molecule has 0 saturated carbocycles. The van der Waals surface area contributed by atoms with Gasteiger partial charge in [0.05, 0.1) is 6.54 Å². The monoisotopic (exact) mass is 414 g/mol. The Morgan fingerprint density at radius 1 is 1.07 bits per heavy atom. The van der Waals surface area contributed by atoms with Gasteiger partial charge in [-0.2, -0.15) is 0 Å². The molecule has 1 aromatic rings. The first kappa shape index (κ1) is 22.4. The third kappa shape index (κ3) is 6.90. The van der Waals surface area contributed by atoms with E-state index in [0.29, 0.717) is 25.7 Å². The van der Waals surface area contributed by atoms with Gasteiger partial charge in [-0.1, -0.05) is 37.1 Å². The molecule has 2 aliphatic heterocycles. The molecule has 0 bridgehead atoms. The smallest absolute Gasteiger partial charge is 0.314 e. The van der Waals surface area contributed by atoms with Gasteiger partial charge in [-0.05, 0) is 56.8 Å². The van der Waals surface area contributed by atoms with E-state index in [0.717, 1.165) is 31.9 Å². The molecule has 7 nitrogen and oxygen atoms in total. The highest BCUT2D eigenvalue weighted by atomic mass is 16.2. The summed E-state index contributed by atoms with van der Waals surface area (Å²) in [6.45, 7) is 8.38. The van der Waals surface area contributed by atoms with Crippen LogP contribution in [0.2, 0.25) is 0 Å². The van der Waals surface area contributed by atoms with Crippen LogP contribution in [0, 0.1) is 0 Å². The van der Waals surface area contributed by atoms with Crippen molar-refractivity contribution in [2.75, 3.05) is 32.7 Å². The number of primary amides is 1. The topological polar surface area (TPSA) is 86.0 Å². The Morgan fingerprint density at radius 2 is 1.73 bits per heavy atom. The number of hydrogen-bond acceptors (Lipinski definition) is 3. The second kappa shape index (κ2) is 11.8. The number of hydrogen-bond donors (Lipinski definition) is 3. The number of urea groups is 1. The minimum absolute atomic E-state index is 0.311. The van der Waals surface area contributed by atoms with Crippen molar-refractivity contribution in [1.82, 2.24) is 20.4 Å². The molecule has 2 fully saturated rings. The first-order chi connectivity index (χ1) is 14.7. The van der Waals surface area contributed by atoms with Gasteiger partial charge in [-0.25, -0.2) is 9.79 Å². The number of nitrogens with one attached hydrogen (secondary N) is 2. The third-order valence-electron chi connectivity index (χ3n) is 6.11. The predicted molar refractivity (Wildman–Crippen MR) is 122 cm³/mol. The number of amides is 2. The van der Waals surface area contributed by atoms with Crippen molar-refractivity contribution >= 4 is 12.0 Å². The second-order valence-electron chi connectivity index (χ2n) is 8.40. The molecule has 0 spiro atoms. The Hall–Kier alpha value is -2.28. The number of aliphatic imine (C=N–C) groups is 1. The molecular formula is C23H38N6O. The van der Waals surface area contributed by atoms with Gasteiger partial charge in [0.2, 0.25) is 0 Å². The summed E-state index contributed by atoms with van der Waals surface area (Å²) in [6, 6.07) is 8.68. The molecule has 2 amide bonds. The fourth-order valence-corrected chi connectivity index (χ4v) is 4.32. The highest BCUT2D eigenvalue weighted by Crippen LogP contribution is 2.17. The molecule has 30 heavy (non-hydrogen) atoms. The first-order valence-electron chi connectivity index (χ1n) is 11.5. The second-order valence-corrected chi connectivity index (χ2v) is 8.40. The number of likely N-dealkylation sites (tertiary alicyclic amines) is 2. The van der Waals surface area contributed by atoms with Crippen LogP contribution in [-0.4, -0.2) is 60.6 Å². The summed E-state index contributed by atoms with van der Waals surface area (Å²) in [5.41, 5.74) is 8.07. The molecule has 1 aromatic carbocycles. The van der Waals surface area contributed by atoms with Crippen molar-refractivity contribution < 1.29 is 4.79 Å². The maximum absolute atomic E-state index is 11.3. The van der Waals surface area contributed by atoms with E-state index in [9.17, 15) is 4.79 Å². The van der Waals surface area contributed by atoms with Crippen LogP contribution in [0.25, 0.3) is 0 Å². The largest absolute Gasteiger partial charge is 0.357 e. The molecule has 0 aromatic heterocycles. The Balaban J connectivity index is 1.59. The van der Waals surface area contributed by atoms with E-state index >= 15 is 0 Å². The minimum Gasteiger partial charge on any atom is -0.357 e. The fraction of sp³-hybridized carbons (Fsp3) is 0.652. The van der Waals surface area contributed by atoms with Crippen LogP contribution >= 0.6 is 0 Å². The zero-order valence-electron chi connectivity index (χ0n) is 18.4. The standard InChI is InChI=1S/C23H38N6O/c1-2-25-23(27-21-11-15-29(16-12-21)22(24)30)26-17-19-9-5-6-10-20(19)18-28-13-7-3-4-8-14-28/h5-6,9-10,21H,2-4,7-8,11-18H2,1H3,(H2,24,30)(H2,25,26,27). The number of rotatable bonds is 6. The van der Waals surface area contributed by atoms with Gasteiger partial charge in [0.1, 0.15) is 0 Å². The number of carbonyl (C=O) groups is 1. The van der Waals surface area contributed by atoms with E-state index in [1.807, 2.05) is 0 Å². The van der Waals surface area contributed by atoms with Gasteiger partial charge in [0.15, 0.2) is 5.96 Å². The Morgan fingerprint density at radius 3 is 2.37 bits per heavy atom. The molecular weight excluding hydrogens is 376 g/mol. The van der Waals surface area contributed by atoms with Gasteiger partial charge >= 0.3 is 6.03 Å². The van der Waals surface area contributed by atoms with Crippen molar-refractivity contribution in [2.45, 2.75) is 64.6 Å². The van der Waals surface area contributed by atoms with Gasteiger partial charge in [-0.3, -0.25) is 4.90 Å². The predicted octanol–water partition coefficient (Wildman–Crippen LogP) is 2.66. The lowest BCUT2D eigenvalue weighted by molar-refractivity contribution is 0.188. The molecule has 2 heterocycles. The van der Waals surface area contributed by atoms with Gasteiger partial charge in [0.25, 0.3) is 0 Å². The van der Waals surface area contributed by atoms with Crippen molar-refractivity contribution in [1.29, 1.82) is 0 Å². The summed E-state index contributed by atoms with van der Waals surface area (Å²) in [4.78, 5) is 20.5. The van der Waals surface area contributed by atoms with Crippen LogP contribution in [0.15, 0.2) is 29.3 Å². The quantitative estimate of drug-likeness (QED) is 0.493. The molecule has 166 valence electrons. The molecule has 2 saturated heterocycles. The molecule has 0 radical (unpaired) electrons. The Kier molecular flexibility index (Phi) is 8.81. The van der Waals surface area contributed by atoms with Crippen molar-refractivity contribution in [3.8, 4) is 0 Å². The molecule has 7 heteroatoms. The summed E-state index contributed by atoms with van der Waals surface area (Å²) in [5, 5.41) is 6.91. The maximum Gasteiger partial charge on any atom is 0.314 e. The summed E-state index contributed by atoms with van der Waals surface area (Å²) in [7, 11) is 0. The normalized spacial score (nSPS) is 19.4. The molecule has 0 aliphatic carbocycles. The Labute approximate surface area is 181 Å². The molecule has 0 atom stereocenters. The molecule has 3 rings (SSSR count). The Bertz CT molecular complexity index is 691. The highest BCUT2D eigenvalue weighted by Gasteiger charge is 2.21. The van der Waals surface area contributed by atoms with Crippen LogP contribution in [-0.2, 0) is 13.1 Å². The lowest BCUT2D eigenvalue weighted by atomic mass is 10.1. The van der Waals surface area contributed by atoms with Crippen LogP contribution in [0.3, 0.4) is 0 Å². The van der Waals surface area contributed by atoms with Crippen molar-refractivity contribution in [3.63, 3.8) is 0 Å². The average Bonchev–Trinajstić information content (AvgIpc) is 3.02. The minimum atomic E-state index is -0.324. The number of carbonyl (C=O) groups excluding carboxylic acids is 1. The van der Waals surface area contributed by atoms with E-state index in [2.05, 4.69) is 46.7 Å². The van der Waals surface area contributed by atoms with Gasteiger partial charge < -0.3 is 21.3 Å². The van der Waals surface area contributed by atoms with E-state index in [4.69, 9.17) is 10.7 Å². The van der Waals surface area contributed by atoms with Crippen LogP contribution in [0.5, 0.6) is 0 Å². The van der Waals surface area contributed by atoms with Gasteiger partial charge in [-0.15, -0.1) is 0 Å². The number of benzene rings is 1. The zero-order valence-corrected chi connectivity index (χ0v) is 18.4.